The van der Waals surface area contributed by atoms with Crippen molar-refractivity contribution in [3.05, 3.63) is 11.7 Å². The highest BCUT2D eigenvalue weighted by atomic mass is 16.5. The molecule has 0 spiro atoms. The number of nitrogens with zero attached hydrogens (tertiary/aromatic N) is 4. The lowest BCUT2D eigenvalue weighted by atomic mass is 10.0. The highest BCUT2D eigenvalue weighted by Gasteiger charge is 2.26. The van der Waals surface area contributed by atoms with Crippen LogP contribution in [0.25, 0.3) is 0 Å². The van der Waals surface area contributed by atoms with Crippen molar-refractivity contribution in [2.24, 2.45) is 11.7 Å². The summed E-state index contributed by atoms with van der Waals surface area (Å²) in [4.78, 5) is 20.9. The fourth-order valence-corrected chi connectivity index (χ4v) is 2.64. The molecule has 1 amide bonds. The van der Waals surface area contributed by atoms with Gasteiger partial charge in [0.15, 0.2) is 5.82 Å². The van der Waals surface area contributed by atoms with Gasteiger partial charge in [0, 0.05) is 33.3 Å². The number of aromatic nitrogens is 2. The second-order valence-electron chi connectivity index (χ2n) is 6.65. The number of hydrogen-bond donors (Lipinski definition) is 1. The minimum absolute atomic E-state index is 0.0424. The predicted octanol–water partition coefficient (Wildman–Crippen LogP) is 0.795. The number of carbonyl (C=O) groups excluding carboxylic acids is 1. The summed E-state index contributed by atoms with van der Waals surface area (Å²) >= 11 is 0. The molecule has 1 fully saturated rings. The Morgan fingerprint density at radius 3 is 2.71 bits per heavy atom. The first-order valence-corrected chi connectivity index (χ1v) is 8.54. The van der Waals surface area contributed by atoms with E-state index in [1.54, 1.807) is 7.11 Å². The van der Waals surface area contributed by atoms with Gasteiger partial charge in [-0.15, -0.1) is 0 Å². The van der Waals surface area contributed by atoms with Crippen LogP contribution in [-0.4, -0.2) is 65.2 Å². The van der Waals surface area contributed by atoms with Crippen LogP contribution in [0.15, 0.2) is 4.52 Å². The number of methoxy groups -OCH3 is 1. The molecule has 8 heteroatoms. The summed E-state index contributed by atoms with van der Waals surface area (Å²) in [5.41, 5.74) is 5.99. The van der Waals surface area contributed by atoms with E-state index < -0.39 is 6.04 Å². The monoisotopic (exact) mass is 339 g/mol. The summed E-state index contributed by atoms with van der Waals surface area (Å²) in [5, 5.41) is 3.94. The van der Waals surface area contributed by atoms with Crippen molar-refractivity contribution in [2.75, 3.05) is 33.3 Å². The molecular weight excluding hydrogens is 310 g/mol. The van der Waals surface area contributed by atoms with Crippen LogP contribution in [0, 0.1) is 5.92 Å². The molecule has 0 bridgehead atoms. The minimum atomic E-state index is -0.425. The molecule has 1 saturated heterocycles. The van der Waals surface area contributed by atoms with E-state index in [-0.39, 0.29) is 17.9 Å². The average Bonchev–Trinajstić information content (AvgIpc) is 2.91. The molecule has 0 aromatic carbocycles. The molecule has 1 unspecified atom stereocenters. The number of ether oxygens (including phenoxy) is 1. The molecule has 2 rings (SSSR count). The van der Waals surface area contributed by atoms with Crippen LogP contribution in [0.4, 0.5) is 0 Å². The van der Waals surface area contributed by atoms with Crippen molar-refractivity contribution in [2.45, 2.75) is 45.9 Å². The van der Waals surface area contributed by atoms with E-state index in [0.29, 0.717) is 24.8 Å². The maximum atomic E-state index is 12.4. The van der Waals surface area contributed by atoms with E-state index in [1.165, 1.54) is 0 Å². The molecule has 1 aliphatic rings. The Bertz CT molecular complexity index is 534. The first-order valence-electron chi connectivity index (χ1n) is 8.54. The Kier molecular flexibility index (Phi) is 6.70. The molecule has 8 nitrogen and oxygen atoms in total. The van der Waals surface area contributed by atoms with Crippen LogP contribution >= 0.6 is 0 Å². The van der Waals surface area contributed by atoms with Crippen LogP contribution in [0.3, 0.4) is 0 Å². The van der Waals surface area contributed by atoms with Gasteiger partial charge in [0.2, 0.25) is 11.8 Å². The first kappa shape index (κ1) is 18.8. The van der Waals surface area contributed by atoms with E-state index in [1.807, 2.05) is 25.7 Å². The Labute approximate surface area is 143 Å². The van der Waals surface area contributed by atoms with Gasteiger partial charge in [-0.3, -0.25) is 9.69 Å². The molecule has 1 aliphatic heterocycles. The fraction of sp³-hybridized carbons (Fsp3) is 0.812. The van der Waals surface area contributed by atoms with Gasteiger partial charge in [-0.25, -0.2) is 0 Å². The summed E-state index contributed by atoms with van der Waals surface area (Å²) in [6.45, 7) is 9.48. The Morgan fingerprint density at radius 2 is 2.04 bits per heavy atom. The zero-order valence-corrected chi connectivity index (χ0v) is 15.1. The molecule has 24 heavy (non-hydrogen) atoms. The lowest BCUT2D eigenvalue weighted by Gasteiger charge is -2.26. The van der Waals surface area contributed by atoms with Crippen LogP contribution < -0.4 is 5.73 Å². The van der Waals surface area contributed by atoms with Gasteiger partial charge in [0.25, 0.3) is 0 Å². The summed E-state index contributed by atoms with van der Waals surface area (Å²) in [5.74, 6) is 1.33. The maximum absolute atomic E-state index is 12.4. The van der Waals surface area contributed by atoms with E-state index in [9.17, 15) is 4.79 Å². The molecule has 0 aliphatic carbocycles. The van der Waals surface area contributed by atoms with Crippen LogP contribution in [0.5, 0.6) is 0 Å². The standard InChI is InChI=1S/C16H29N5O3/c1-11(2)14(17)16(22)21-7-5-6-20(8-9-21)10-13-18-15(19-24-13)12(3)23-4/h11-12,14H,5-10,17H2,1-4H3/t12?,14-/m0/s1. The quantitative estimate of drug-likeness (QED) is 0.818. The first-order chi connectivity index (χ1) is 11.4. The van der Waals surface area contributed by atoms with E-state index in [0.717, 1.165) is 26.1 Å². The smallest absolute Gasteiger partial charge is 0.240 e. The van der Waals surface area contributed by atoms with Crippen molar-refractivity contribution < 1.29 is 14.1 Å². The third-order valence-corrected chi connectivity index (χ3v) is 4.46. The molecule has 1 aromatic heterocycles. The predicted molar refractivity (Wildman–Crippen MR) is 89.0 cm³/mol. The second kappa shape index (κ2) is 8.55. The Hall–Kier alpha value is -1.51. The normalized spacial score (nSPS) is 19.3. The summed E-state index contributed by atoms with van der Waals surface area (Å²) in [6, 6.07) is -0.425. The van der Waals surface area contributed by atoms with Crippen molar-refractivity contribution in [3.8, 4) is 0 Å². The topological polar surface area (TPSA) is 97.7 Å². The van der Waals surface area contributed by atoms with Crippen molar-refractivity contribution in [3.63, 3.8) is 0 Å². The number of rotatable bonds is 6. The zero-order valence-electron chi connectivity index (χ0n) is 15.1. The third kappa shape index (κ3) is 4.75. The van der Waals surface area contributed by atoms with Crippen LogP contribution in [-0.2, 0) is 16.1 Å². The molecule has 2 atom stereocenters. The molecule has 0 saturated carbocycles. The van der Waals surface area contributed by atoms with Gasteiger partial charge < -0.3 is 19.9 Å². The van der Waals surface area contributed by atoms with Gasteiger partial charge in [-0.2, -0.15) is 4.98 Å². The highest BCUT2D eigenvalue weighted by Crippen LogP contribution is 2.14. The van der Waals surface area contributed by atoms with Crippen molar-refractivity contribution in [1.82, 2.24) is 19.9 Å². The SMILES string of the molecule is COC(C)c1noc(CN2CCCN(C(=O)[C@@H](N)C(C)C)CC2)n1. The summed E-state index contributed by atoms with van der Waals surface area (Å²) in [6.07, 6.45) is 0.726. The Balaban J connectivity index is 1.89. The minimum Gasteiger partial charge on any atom is -0.374 e. The van der Waals surface area contributed by atoms with Gasteiger partial charge in [0.1, 0.15) is 6.10 Å². The molecular formula is C16H29N5O3. The van der Waals surface area contributed by atoms with Gasteiger partial charge in [-0.05, 0) is 19.3 Å². The average molecular weight is 339 g/mol. The Morgan fingerprint density at radius 1 is 1.29 bits per heavy atom. The largest absolute Gasteiger partial charge is 0.374 e. The third-order valence-electron chi connectivity index (χ3n) is 4.46. The van der Waals surface area contributed by atoms with Crippen molar-refractivity contribution in [1.29, 1.82) is 0 Å². The van der Waals surface area contributed by atoms with Gasteiger partial charge >= 0.3 is 0 Å². The second-order valence-corrected chi connectivity index (χ2v) is 6.65. The van der Waals surface area contributed by atoms with Crippen LogP contribution in [0.2, 0.25) is 0 Å². The molecule has 2 heterocycles. The number of amides is 1. The molecule has 0 radical (unpaired) electrons. The number of nitrogens with two attached hydrogens (primary N) is 1. The number of carbonyl (C=O) groups is 1. The zero-order chi connectivity index (χ0) is 17.7. The van der Waals surface area contributed by atoms with Gasteiger partial charge in [-0.1, -0.05) is 19.0 Å². The maximum Gasteiger partial charge on any atom is 0.240 e. The fourth-order valence-electron chi connectivity index (χ4n) is 2.64. The molecule has 2 N–H and O–H groups in total. The number of hydrogen-bond acceptors (Lipinski definition) is 7. The molecule has 136 valence electrons. The van der Waals surface area contributed by atoms with E-state index in [2.05, 4.69) is 15.0 Å². The summed E-state index contributed by atoms with van der Waals surface area (Å²) < 4.78 is 10.5. The van der Waals surface area contributed by atoms with Crippen LogP contribution in [0.1, 0.15) is 45.0 Å². The highest BCUT2D eigenvalue weighted by molar-refractivity contribution is 5.81. The summed E-state index contributed by atoms with van der Waals surface area (Å²) in [7, 11) is 1.61. The van der Waals surface area contributed by atoms with E-state index >= 15 is 0 Å². The lowest BCUT2D eigenvalue weighted by Crippen LogP contribution is -2.47. The van der Waals surface area contributed by atoms with Gasteiger partial charge in [0.05, 0.1) is 12.6 Å². The van der Waals surface area contributed by atoms with Crippen molar-refractivity contribution >= 4 is 5.91 Å². The molecule has 1 aromatic rings. The van der Waals surface area contributed by atoms with E-state index in [4.69, 9.17) is 15.0 Å². The lowest BCUT2D eigenvalue weighted by molar-refractivity contribution is -0.133.